The lowest BCUT2D eigenvalue weighted by Crippen LogP contribution is -2.51. The molecule has 0 heterocycles. The summed E-state index contributed by atoms with van der Waals surface area (Å²) < 4.78 is 24.8. The first-order valence-corrected chi connectivity index (χ1v) is 13.6. The Morgan fingerprint density at radius 2 is 0.850 bits per heavy atom. The van der Waals surface area contributed by atoms with Gasteiger partial charge in [0.1, 0.15) is 24.4 Å². The van der Waals surface area contributed by atoms with Gasteiger partial charge in [-0.15, -0.1) is 0 Å². The van der Waals surface area contributed by atoms with Gasteiger partial charge in [0.05, 0.1) is 39.6 Å². The predicted octanol–water partition coefficient (Wildman–Crippen LogP) is 5.31. The first kappa shape index (κ1) is 29.6. The Hall–Kier alpha value is -3.36. The van der Waals surface area contributed by atoms with E-state index < -0.39 is 24.4 Å². The molecule has 0 fully saturated rings. The molecule has 0 aliphatic rings. The Kier molecular flexibility index (Phi) is 12.3. The molecule has 0 saturated heterocycles. The van der Waals surface area contributed by atoms with Gasteiger partial charge in [0, 0.05) is 0 Å². The molecule has 0 aliphatic heterocycles. The van der Waals surface area contributed by atoms with Crippen LogP contribution in [0.3, 0.4) is 0 Å². The maximum Gasteiger partial charge on any atom is 0.115 e. The Labute approximate surface area is 236 Å². The van der Waals surface area contributed by atoms with E-state index in [1.807, 2.05) is 121 Å². The monoisotopic (exact) mass is 542 g/mol. The Balaban J connectivity index is 1.53. The smallest absolute Gasteiger partial charge is 0.115 e. The lowest BCUT2D eigenvalue weighted by Gasteiger charge is -2.35. The molecule has 0 aromatic heterocycles. The quantitative estimate of drug-likeness (QED) is 0.188. The van der Waals surface area contributed by atoms with E-state index in [4.69, 9.17) is 18.9 Å². The molecule has 4 aromatic carbocycles. The second kappa shape index (κ2) is 16.7. The van der Waals surface area contributed by atoms with E-state index in [-0.39, 0.29) is 33.0 Å². The summed E-state index contributed by atoms with van der Waals surface area (Å²) in [6.45, 7) is 0.865. The summed E-state index contributed by atoms with van der Waals surface area (Å²) in [6, 6.07) is 39.1. The number of aliphatic hydroxyl groups excluding tert-OH is 2. The lowest BCUT2D eigenvalue weighted by molar-refractivity contribution is -0.193. The van der Waals surface area contributed by atoms with Crippen LogP contribution in [0.1, 0.15) is 22.3 Å². The minimum atomic E-state index is -1.04. The first-order chi connectivity index (χ1) is 19.7. The minimum absolute atomic E-state index is 0.0242. The summed E-state index contributed by atoms with van der Waals surface area (Å²) in [4.78, 5) is 0. The molecule has 0 saturated carbocycles. The van der Waals surface area contributed by atoms with Crippen LogP contribution in [0.2, 0.25) is 0 Å². The summed E-state index contributed by atoms with van der Waals surface area (Å²) in [5.74, 6) is 0. The third kappa shape index (κ3) is 9.68. The van der Waals surface area contributed by atoms with Gasteiger partial charge < -0.3 is 29.2 Å². The van der Waals surface area contributed by atoms with Crippen molar-refractivity contribution >= 4 is 0 Å². The fourth-order valence-electron chi connectivity index (χ4n) is 4.37. The number of ether oxygens (including phenoxy) is 4. The van der Waals surface area contributed by atoms with Crippen molar-refractivity contribution in [3.63, 3.8) is 0 Å². The molecule has 4 atom stereocenters. The zero-order valence-electron chi connectivity index (χ0n) is 22.6. The van der Waals surface area contributed by atoms with Crippen LogP contribution < -0.4 is 0 Å². The summed E-state index contributed by atoms with van der Waals surface area (Å²) in [7, 11) is 0. The van der Waals surface area contributed by atoms with Gasteiger partial charge >= 0.3 is 0 Å². The Bertz CT molecular complexity index is 1190. The van der Waals surface area contributed by atoms with Crippen LogP contribution in [0, 0.1) is 0 Å². The number of benzene rings is 4. The van der Waals surface area contributed by atoms with Crippen LogP contribution in [0.4, 0.5) is 0 Å². The maximum absolute atomic E-state index is 11.4. The van der Waals surface area contributed by atoms with E-state index in [1.54, 1.807) is 0 Å². The number of hydrogen-bond donors (Lipinski definition) is 2. The fraction of sp³-hybridized carbons (Fsp3) is 0.294. The summed E-state index contributed by atoms with van der Waals surface area (Å²) in [5.41, 5.74) is 3.89. The van der Waals surface area contributed by atoms with Crippen molar-refractivity contribution < 1.29 is 29.2 Å². The molecule has 2 N–H and O–H groups in total. The van der Waals surface area contributed by atoms with Gasteiger partial charge in [-0.2, -0.15) is 0 Å². The van der Waals surface area contributed by atoms with Gasteiger partial charge in [-0.1, -0.05) is 121 Å². The third-order valence-electron chi connectivity index (χ3n) is 6.53. The average molecular weight is 543 g/mol. The van der Waals surface area contributed by atoms with E-state index in [1.165, 1.54) is 0 Å². The highest BCUT2D eigenvalue weighted by Crippen LogP contribution is 2.21. The fourth-order valence-corrected chi connectivity index (χ4v) is 4.37. The highest BCUT2D eigenvalue weighted by Gasteiger charge is 2.37. The Morgan fingerprint density at radius 3 is 1.27 bits per heavy atom. The van der Waals surface area contributed by atoms with Crippen LogP contribution in [0.25, 0.3) is 0 Å². The highest BCUT2D eigenvalue weighted by atomic mass is 16.6. The van der Waals surface area contributed by atoms with E-state index in [2.05, 4.69) is 0 Å². The van der Waals surface area contributed by atoms with E-state index >= 15 is 0 Å². The number of hydrogen-bond acceptors (Lipinski definition) is 6. The molecule has 0 unspecified atom stereocenters. The minimum Gasteiger partial charge on any atom is -0.394 e. The average Bonchev–Trinajstić information content (AvgIpc) is 3.01. The maximum atomic E-state index is 11.4. The van der Waals surface area contributed by atoms with Crippen molar-refractivity contribution in [2.75, 3.05) is 13.2 Å². The van der Waals surface area contributed by atoms with Crippen LogP contribution in [-0.2, 0) is 45.4 Å². The molecule has 0 spiro atoms. The normalized spacial score (nSPS) is 14.3. The van der Waals surface area contributed by atoms with Crippen molar-refractivity contribution in [2.24, 2.45) is 0 Å². The van der Waals surface area contributed by atoms with Crippen LogP contribution in [-0.4, -0.2) is 47.8 Å². The zero-order valence-corrected chi connectivity index (χ0v) is 22.6. The lowest BCUT2D eigenvalue weighted by atomic mass is 10.0. The SMILES string of the molecule is OC[C@@H](OCc1ccccc1)[C@@H](OCc1ccccc1)[C@H](OCc1ccccc1)[C@@H](O)COCc1ccccc1. The zero-order chi connectivity index (χ0) is 27.8. The largest absolute Gasteiger partial charge is 0.394 e. The second-order valence-corrected chi connectivity index (χ2v) is 9.61. The third-order valence-corrected chi connectivity index (χ3v) is 6.53. The predicted molar refractivity (Wildman–Crippen MR) is 154 cm³/mol. The van der Waals surface area contributed by atoms with E-state index in [9.17, 15) is 10.2 Å². The van der Waals surface area contributed by atoms with Crippen molar-refractivity contribution in [1.29, 1.82) is 0 Å². The van der Waals surface area contributed by atoms with Gasteiger partial charge in [0.15, 0.2) is 0 Å². The van der Waals surface area contributed by atoms with Crippen LogP contribution in [0.15, 0.2) is 121 Å². The van der Waals surface area contributed by atoms with Crippen LogP contribution >= 0.6 is 0 Å². The van der Waals surface area contributed by atoms with E-state index in [0.717, 1.165) is 22.3 Å². The topological polar surface area (TPSA) is 77.4 Å². The van der Waals surface area contributed by atoms with Gasteiger partial charge in [-0.3, -0.25) is 0 Å². The molecular formula is C34H38O6. The summed E-state index contributed by atoms with van der Waals surface area (Å²) in [5, 5.41) is 21.8. The number of rotatable bonds is 17. The van der Waals surface area contributed by atoms with Crippen molar-refractivity contribution in [3.8, 4) is 0 Å². The van der Waals surface area contributed by atoms with Crippen molar-refractivity contribution in [3.05, 3.63) is 144 Å². The molecule has 4 rings (SSSR count). The molecule has 4 aromatic rings. The molecular weight excluding hydrogens is 504 g/mol. The van der Waals surface area contributed by atoms with Gasteiger partial charge in [0.25, 0.3) is 0 Å². The molecule has 40 heavy (non-hydrogen) atoms. The van der Waals surface area contributed by atoms with Gasteiger partial charge in [-0.25, -0.2) is 0 Å². The molecule has 0 aliphatic carbocycles. The van der Waals surface area contributed by atoms with Crippen molar-refractivity contribution in [1.82, 2.24) is 0 Å². The Morgan fingerprint density at radius 1 is 0.475 bits per heavy atom. The first-order valence-electron chi connectivity index (χ1n) is 13.6. The van der Waals surface area contributed by atoms with Gasteiger partial charge in [0.2, 0.25) is 0 Å². The molecule has 0 bridgehead atoms. The summed E-state index contributed by atoms with van der Waals surface area (Å²) >= 11 is 0. The highest BCUT2D eigenvalue weighted by molar-refractivity contribution is 5.16. The van der Waals surface area contributed by atoms with Gasteiger partial charge in [-0.05, 0) is 22.3 Å². The number of aliphatic hydroxyl groups is 2. The molecule has 210 valence electrons. The molecule has 0 amide bonds. The van der Waals surface area contributed by atoms with Crippen LogP contribution in [0.5, 0.6) is 0 Å². The van der Waals surface area contributed by atoms with E-state index in [0.29, 0.717) is 6.61 Å². The second-order valence-electron chi connectivity index (χ2n) is 9.61. The molecule has 6 nitrogen and oxygen atoms in total. The molecule has 6 heteroatoms. The summed E-state index contributed by atoms with van der Waals surface area (Å²) in [6.07, 6.45) is -3.42. The van der Waals surface area contributed by atoms with Crippen molar-refractivity contribution in [2.45, 2.75) is 50.8 Å². The molecule has 0 radical (unpaired) electrons. The standard InChI is InChI=1S/C34H38O6/c35-21-32(38-23-28-15-7-2-8-16-28)34(40-25-30-19-11-4-12-20-30)33(39-24-29-17-9-3-10-18-29)31(36)26-37-22-27-13-5-1-6-14-27/h1-20,31-36H,21-26H2/t31-,32+,33+,34+/m0/s1.